The number of nitrogens with one attached hydrogen (secondary N) is 1. The molecule has 0 bridgehead atoms. The van der Waals surface area contributed by atoms with Crippen molar-refractivity contribution in [1.82, 2.24) is 4.90 Å². The van der Waals surface area contributed by atoms with Crippen molar-refractivity contribution >= 4 is 11.7 Å². The van der Waals surface area contributed by atoms with Crippen LogP contribution in [0.4, 0.5) is 0 Å². The number of ether oxygens (including phenoxy) is 2. The van der Waals surface area contributed by atoms with Gasteiger partial charge in [0.15, 0.2) is 11.5 Å². The highest BCUT2D eigenvalue weighted by molar-refractivity contribution is 6.08. The third-order valence-corrected chi connectivity index (χ3v) is 5.22. The average Bonchev–Trinajstić information content (AvgIpc) is 2.94. The number of aliphatic hydroxyl groups excluding tert-OH is 1. The average molecular weight is 375 g/mol. The summed E-state index contributed by atoms with van der Waals surface area (Å²) in [5, 5.41) is 10.3. The van der Waals surface area contributed by atoms with E-state index in [9.17, 15) is 14.7 Å². The van der Waals surface area contributed by atoms with Gasteiger partial charge in [-0.3, -0.25) is 9.59 Å². The van der Waals surface area contributed by atoms with Crippen LogP contribution in [0.1, 0.15) is 24.9 Å². The maximum atomic E-state index is 12.6. The Morgan fingerprint density at radius 1 is 1.37 bits per heavy atom. The zero-order valence-electron chi connectivity index (χ0n) is 15.9. The van der Waals surface area contributed by atoms with Gasteiger partial charge in [-0.05, 0) is 24.6 Å². The number of hydrogen-bond donors (Lipinski definition) is 2. The fourth-order valence-electron chi connectivity index (χ4n) is 3.81. The first-order chi connectivity index (χ1) is 13.0. The zero-order chi connectivity index (χ0) is 19.4. The summed E-state index contributed by atoms with van der Waals surface area (Å²) >= 11 is 0. The number of quaternary nitrogens is 1. The second kappa shape index (κ2) is 8.54. The van der Waals surface area contributed by atoms with Crippen LogP contribution in [0.3, 0.4) is 0 Å². The van der Waals surface area contributed by atoms with Crippen LogP contribution in [0.5, 0.6) is 5.75 Å². The maximum absolute atomic E-state index is 12.6. The van der Waals surface area contributed by atoms with Gasteiger partial charge in [-0.1, -0.05) is 12.1 Å². The standard InChI is InChI=1S/C20H26N2O5/c1-14(23)17-18(15-5-3-6-16(13-15)26-2)22(20(25)19(17)24)8-4-7-21-9-11-27-12-10-21/h3,5-6,13,18,24H,4,7-12H2,1-2H3/p+1/t18-/m0/s1. The van der Waals surface area contributed by atoms with Crippen molar-refractivity contribution in [3.8, 4) is 5.75 Å². The van der Waals surface area contributed by atoms with Crippen LogP contribution in [0, 0.1) is 0 Å². The van der Waals surface area contributed by atoms with Crippen LogP contribution < -0.4 is 9.64 Å². The summed E-state index contributed by atoms with van der Waals surface area (Å²) in [5.41, 5.74) is 0.919. The molecule has 7 heteroatoms. The Morgan fingerprint density at radius 3 is 2.78 bits per heavy atom. The normalized spacial score (nSPS) is 21.0. The van der Waals surface area contributed by atoms with Gasteiger partial charge < -0.3 is 24.4 Å². The molecule has 0 aromatic heterocycles. The molecule has 0 spiro atoms. The van der Waals surface area contributed by atoms with Gasteiger partial charge in [0.05, 0.1) is 38.5 Å². The van der Waals surface area contributed by atoms with E-state index in [-0.39, 0.29) is 11.4 Å². The maximum Gasteiger partial charge on any atom is 0.290 e. The molecule has 1 aromatic carbocycles. The van der Waals surface area contributed by atoms with E-state index in [1.165, 1.54) is 11.8 Å². The predicted molar refractivity (Wildman–Crippen MR) is 98.8 cm³/mol. The summed E-state index contributed by atoms with van der Waals surface area (Å²) in [6, 6.07) is 6.71. The zero-order valence-corrected chi connectivity index (χ0v) is 15.9. The highest BCUT2D eigenvalue weighted by Crippen LogP contribution is 2.38. The monoisotopic (exact) mass is 375 g/mol. The van der Waals surface area contributed by atoms with Crippen molar-refractivity contribution < 1.29 is 29.1 Å². The number of hydrogen-bond acceptors (Lipinski definition) is 5. The van der Waals surface area contributed by atoms with E-state index in [1.54, 1.807) is 18.1 Å². The van der Waals surface area contributed by atoms with E-state index in [2.05, 4.69) is 0 Å². The lowest BCUT2D eigenvalue weighted by Gasteiger charge is -2.28. The molecule has 2 N–H and O–H groups in total. The molecule has 3 rings (SSSR count). The Morgan fingerprint density at radius 2 is 2.11 bits per heavy atom. The Hall–Kier alpha value is -2.38. The molecular formula is C20H27N2O5+. The summed E-state index contributed by atoms with van der Waals surface area (Å²) in [5.74, 6) is -0.569. The van der Waals surface area contributed by atoms with Crippen molar-refractivity contribution in [2.75, 3.05) is 46.5 Å². The number of amides is 1. The molecule has 146 valence electrons. The molecule has 27 heavy (non-hydrogen) atoms. The van der Waals surface area contributed by atoms with Crippen LogP contribution >= 0.6 is 0 Å². The molecule has 0 saturated carbocycles. The summed E-state index contributed by atoms with van der Waals surface area (Å²) in [6.07, 6.45) is 0.792. The number of morpholine rings is 1. The van der Waals surface area contributed by atoms with Crippen molar-refractivity contribution in [2.24, 2.45) is 0 Å². The third-order valence-electron chi connectivity index (χ3n) is 5.22. The number of Topliss-reactive ketones (excluding diaryl/α,β-unsaturated/α-hetero) is 1. The lowest BCUT2D eigenvalue weighted by atomic mass is 9.96. The Bertz CT molecular complexity index is 740. The van der Waals surface area contributed by atoms with Crippen molar-refractivity contribution in [2.45, 2.75) is 19.4 Å². The van der Waals surface area contributed by atoms with Gasteiger partial charge in [0.25, 0.3) is 5.91 Å². The number of methoxy groups -OCH3 is 1. The molecule has 1 atom stereocenters. The quantitative estimate of drug-likeness (QED) is 0.716. The highest BCUT2D eigenvalue weighted by atomic mass is 16.5. The minimum Gasteiger partial charge on any atom is -0.503 e. The van der Waals surface area contributed by atoms with E-state index in [4.69, 9.17) is 9.47 Å². The molecule has 0 unspecified atom stereocenters. The van der Waals surface area contributed by atoms with Crippen LogP contribution in [0.2, 0.25) is 0 Å². The fraction of sp³-hybridized carbons (Fsp3) is 0.500. The van der Waals surface area contributed by atoms with Crippen LogP contribution in [0.15, 0.2) is 35.6 Å². The first kappa shape index (κ1) is 19.4. The van der Waals surface area contributed by atoms with Gasteiger partial charge in [-0.2, -0.15) is 0 Å². The van der Waals surface area contributed by atoms with E-state index < -0.39 is 17.7 Å². The summed E-state index contributed by atoms with van der Waals surface area (Å²) in [7, 11) is 1.57. The van der Waals surface area contributed by atoms with Gasteiger partial charge in [0.2, 0.25) is 0 Å². The molecule has 0 aliphatic carbocycles. The van der Waals surface area contributed by atoms with Crippen LogP contribution in [-0.2, 0) is 14.3 Å². The number of rotatable bonds is 7. The fourth-order valence-corrected chi connectivity index (χ4v) is 3.81. The third kappa shape index (κ3) is 4.14. The lowest BCUT2D eigenvalue weighted by Crippen LogP contribution is -3.14. The first-order valence-corrected chi connectivity index (χ1v) is 9.33. The lowest BCUT2D eigenvalue weighted by molar-refractivity contribution is -0.908. The number of benzene rings is 1. The molecule has 2 aliphatic rings. The van der Waals surface area contributed by atoms with Crippen LogP contribution in [0.25, 0.3) is 0 Å². The van der Waals surface area contributed by atoms with Crippen molar-refractivity contribution in [1.29, 1.82) is 0 Å². The molecular weight excluding hydrogens is 348 g/mol. The van der Waals surface area contributed by atoms with Gasteiger partial charge in [0.1, 0.15) is 18.8 Å². The number of nitrogens with zero attached hydrogens (tertiary/aromatic N) is 1. The number of aliphatic hydroxyl groups is 1. The number of ketones is 1. The van der Waals surface area contributed by atoms with E-state index in [0.717, 1.165) is 44.8 Å². The smallest absolute Gasteiger partial charge is 0.290 e. The van der Waals surface area contributed by atoms with Crippen molar-refractivity contribution in [3.63, 3.8) is 0 Å². The SMILES string of the molecule is COc1cccc([C@H]2C(C(C)=O)=C(O)C(=O)N2CCC[NH+]2CCOCC2)c1. The Labute approximate surface area is 159 Å². The highest BCUT2D eigenvalue weighted by Gasteiger charge is 2.42. The molecule has 7 nitrogen and oxygen atoms in total. The van der Waals surface area contributed by atoms with E-state index >= 15 is 0 Å². The van der Waals surface area contributed by atoms with Crippen molar-refractivity contribution in [3.05, 3.63) is 41.2 Å². The second-order valence-electron chi connectivity index (χ2n) is 6.96. The topological polar surface area (TPSA) is 80.5 Å². The molecule has 1 aromatic rings. The van der Waals surface area contributed by atoms with Gasteiger partial charge in [-0.15, -0.1) is 0 Å². The molecule has 2 aliphatic heterocycles. The van der Waals surface area contributed by atoms with E-state index in [1.807, 2.05) is 18.2 Å². The molecule has 0 radical (unpaired) electrons. The molecule has 1 saturated heterocycles. The van der Waals surface area contributed by atoms with Gasteiger partial charge >= 0.3 is 0 Å². The minimum absolute atomic E-state index is 0.159. The predicted octanol–water partition coefficient (Wildman–Crippen LogP) is 0.285. The molecule has 1 amide bonds. The number of carbonyl (C=O) groups excluding carboxylic acids is 2. The van der Waals surface area contributed by atoms with E-state index in [0.29, 0.717) is 12.3 Å². The summed E-state index contributed by atoms with van der Waals surface area (Å²) in [6.45, 7) is 6.25. The second-order valence-corrected chi connectivity index (χ2v) is 6.96. The summed E-state index contributed by atoms with van der Waals surface area (Å²) < 4.78 is 10.7. The Kier molecular flexibility index (Phi) is 6.13. The van der Waals surface area contributed by atoms with Crippen LogP contribution in [-0.4, -0.2) is 68.2 Å². The Balaban J connectivity index is 1.79. The number of carbonyl (C=O) groups is 2. The van der Waals surface area contributed by atoms with Gasteiger partial charge in [-0.25, -0.2) is 0 Å². The van der Waals surface area contributed by atoms with Gasteiger partial charge in [0, 0.05) is 13.0 Å². The first-order valence-electron chi connectivity index (χ1n) is 9.33. The minimum atomic E-state index is -0.579. The largest absolute Gasteiger partial charge is 0.503 e. The molecule has 2 heterocycles. The summed E-state index contributed by atoms with van der Waals surface area (Å²) in [4.78, 5) is 27.9. The molecule has 1 fully saturated rings.